The summed E-state index contributed by atoms with van der Waals surface area (Å²) in [6, 6.07) is 5.40. The molecule has 1 N–H and O–H groups in total. The number of nitrogens with one attached hydrogen (secondary N) is 1. The van der Waals surface area contributed by atoms with Crippen molar-refractivity contribution in [1.82, 2.24) is 20.0 Å². The zero-order chi connectivity index (χ0) is 15.0. The van der Waals surface area contributed by atoms with Crippen molar-refractivity contribution < 1.29 is 9.21 Å². The Kier molecular flexibility index (Phi) is 3.60. The molecule has 0 aliphatic heterocycles. The molecule has 0 bridgehead atoms. The van der Waals surface area contributed by atoms with E-state index in [-0.39, 0.29) is 11.9 Å². The maximum absolute atomic E-state index is 12.0. The molecule has 3 heterocycles. The maximum Gasteiger partial charge on any atom is 0.322 e. The second kappa shape index (κ2) is 5.41. The first-order chi connectivity index (χ1) is 10.0. The fourth-order valence-corrected chi connectivity index (χ4v) is 3.06. The largest absolute Gasteiger partial charge is 0.401 e. The third-order valence-corrected chi connectivity index (χ3v) is 4.29. The minimum atomic E-state index is -0.290. The molecule has 3 rings (SSSR count). The molecule has 0 fully saturated rings. The van der Waals surface area contributed by atoms with Crippen molar-refractivity contribution in [3.63, 3.8) is 0 Å². The number of aryl methyl sites for hydroxylation is 2. The highest BCUT2D eigenvalue weighted by Crippen LogP contribution is 2.24. The van der Waals surface area contributed by atoms with Gasteiger partial charge in [0.05, 0.1) is 14.4 Å². The third-order valence-electron chi connectivity index (χ3n) is 2.66. The standard InChI is InChI=1S/C12H10BrN5O2S/c1-6-5-7(18(2)17-6)11-15-16-12(20-11)14-10(19)8-3-4-9(13)21-8/h3-5H,1-2H3,(H,14,16,19). The average Bonchev–Trinajstić information content (AvgIpc) is 3.10. The van der Waals surface area contributed by atoms with Crippen LogP contribution in [0.25, 0.3) is 11.6 Å². The summed E-state index contributed by atoms with van der Waals surface area (Å²) in [5, 5.41) is 14.5. The van der Waals surface area contributed by atoms with Crippen molar-refractivity contribution in [3.8, 4) is 11.6 Å². The topological polar surface area (TPSA) is 85.8 Å². The molecule has 9 heteroatoms. The first-order valence-corrected chi connectivity index (χ1v) is 7.55. The van der Waals surface area contributed by atoms with Crippen molar-refractivity contribution >= 4 is 39.2 Å². The van der Waals surface area contributed by atoms with E-state index in [0.717, 1.165) is 9.48 Å². The summed E-state index contributed by atoms with van der Waals surface area (Å²) in [5.41, 5.74) is 1.54. The van der Waals surface area contributed by atoms with E-state index < -0.39 is 0 Å². The summed E-state index contributed by atoms with van der Waals surface area (Å²) in [6.45, 7) is 1.87. The fourth-order valence-electron chi connectivity index (χ4n) is 1.78. The van der Waals surface area contributed by atoms with Crippen LogP contribution in [0.5, 0.6) is 0 Å². The lowest BCUT2D eigenvalue weighted by molar-refractivity contribution is 0.102. The number of hydrogen-bond donors (Lipinski definition) is 1. The van der Waals surface area contributed by atoms with Crippen LogP contribution < -0.4 is 5.32 Å². The predicted molar refractivity (Wildman–Crippen MR) is 81.2 cm³/mol. The van der Waals surface area contributed by atoms with Crippen LogP contribution in [0.2, 0.25) is 0 Å². The number of hydrogen-bond acceptors (Lipinski definition) is 6. The SMILES string of the molecule is Cc1cc(-c2nnc(NC(=O)c3ccc(Br)s3)o2)n(C)n1. The second-order valence-corrected chi connectivity index (χ2v) is 6.73. The molecule has 0 atom stereocenters. The van der Waals surface area contributed by atoms with Crippen LogP contribution in [0.1, 0.15) is 15.4 Å². The van der Waals surface area contributed by atoms with Gasteiger partial charge in [-0.3, -0.25) is 14.8 Å². The van der Waals surface area contributed by atoms with Gasteiger partial charge in [-0.15, -0.1) is 16.4 Å². The minimum Gasteiger partial charge on any atom is -0.401 e. The summed E-state index contributed by atoms with van der Waals surface area (Å²) in [6.07, 6.45) is 0. The van der Waals surface area contributed by atoms with Crippen LogP contribution in [0.4, 0.5) is 6.01 Å². The van der Waals surface area contributed by atoms with Crippen LogP contribution in [0, 0.1) is 6.92 Å². The molecule has 21 heavy (non-hydrogen) atoms. The Morgan fingerprint density at radius 1 is 1.43 bits per heavy atom. The van der Waals surface area contributed by atoms with E-state index in [4.69, 9.17) is 4.42 Å². The van der Waals surface area contributed by atoms with Gasteiger partial charge in [0.2, 0.25) is 0 Å². The Hall–Kier alpha value is -2.00. The highest BCUT2D eigenvalue weighted by molar-refractivity contribution is 9.11. The molecule has 3 aromatic rings. The summed E-state index contributed by atoms with van der Waals surface area (Å²) < 4.78 is 7.96. The van der Waals surface area contributed by atoms with Gasteiger partial charge in [-0.2, -0.15) is 5.10 Å². The van der Waals surface area contributed by atoms with Crippen molar-refractivity contribution in [2.75, 3.05) is 5.32 Å². The summed E-state index contributed by atoms with van der Waals surface area (Å²) in [5.74, 6) is 0.0165. The molecule has 0 spiro atoms. The monoisotopic (exact) mass is 367 g/mol. The Morgan fingerprint density at radius 2 is 2.24 bits per heavy atom. The van der Waals surface area contributed by atoms with E-state index in [9.17, 15) is 4.79 Å². The van der Waals surface area contributed by atoms with E-state index in [2.05, 4.69) is 36.5 Å². The highest BCUT2D eigenvalue weighted by atomic mass is 79.9. The maximum atomic E-state index is 12.0. The third kappa shape index (κ3) is 2.88. The first-order valence-electron chi connectivity index (χ1n) is 5.94. The minimum absolute atomic E-state index is 0.0541. The van der Waals surface area contributed by atoms with Gasteiger partial charge in [-0.05, 0) is 41.1 Å². The zero-order valence-corrected chi connectivity index (χ0v) is 13.5. The molecule has 0 aromatic carbocycles. The van der Waals surface area contributed by atoms with Crippen LogP contribution >= 0.6 is 27.3 Å². The summed E-state index contributed by atoms with van der Waals surface area (Å²) in [4.78, 5) is 12.5. The molecule has 7 nitrogen and oxygen atoms in total. The van der Waals surface area contributed by atoms with Gasteiger partial charge < -0.3 is 4.42 Å². The van der Waals surface area contributed by atoms with Crippen LogP contribution in [0.15, 0.2) is 26.4 Å². The first kappa shape index (κ1) is 14.0. The zero-order valence-electron chi connectivity index (χ0n) is 11.1. The van der Waals surface area contributed by atoms with Crippen molar-refractivity contribution in [2.45, 2.75) is 6.92 Å². The number of amides is 1. The van der Waals surface area contributed by atoms with Crippen LogP contribution in [-0.4, -0.2) is 25.9 Å². The van der Waals surface area contributed by atoms with E-state index in [1.165, 1.54) is 11.3 Å². The molecule has 3 aromatic heterocycles. The molecule has 0 saturated carbocycles. The van der Waals surface area contributed by atoms with Crippen LogP contribution in [0.3, 0.4) is 0 Å². The Labute approximate surface area is 132 Å². The van der Waals surface area contributed by atoms with E-state index in [1.54, 1.807) is 23.9 Å². The van der Waals surface area contributed by atoms with Gasteiger partial charge in [0.1, 0.15) is 5.69 Å². The molecular weight excluding hydrogens is 358 g/mol. The lowest BCUT2D eigenvalue weighted by atomic mass is 10.4. The number of rotatable bonds is 3. The fraction of sp³-hybridized carbons (Fsp3) is 0.167. The number of aromatic nitrogens is 4. The van der Waals surface area contributed by atoms with Crippen molar-refractivity contribution in [2.24, 2.45) is 7.05 Å². The number of nitrogens with zero attached hydrogens (tertiary/aromatic N) is 4. The van der Waals surface area contributed by atoms with Gasteiger partial charge in [0.25, 0.3) is 11.8 Å². The molecule has 1 amide bonds. The molecular formula is C12H10BrN5O2S. The Bertz CT molecular complexity index is 806. The van der Waals surface area contributed by atoms with Gasteiger partial charge in [0.15, 0.2) is 0 Å². The van der Waals surface area contributed by atoms with Gasteiger partial charge in [-0.25, -0.2) is 0 Å². The molecule has 0 aliphatic rings. The summed E-state index contributed by atoms with van der Waals surface area (Å²) >= 11 is 4.63. The lowest BCUT2D eigenvalue weighted by Gasteiger charge is -1.96. The quantitative estimate of drug-likeness (QED) is 0.768. The van der Waals surface area contributed by atoms with Crippen molar-refractivity contribution in [1.29, 1.82) is 0 Å². The molecule has 0 radical (unpaired) electrons. The predicted octanol–water partition coefficient (Wildman–Crippen LogP) is 2.85. The average molecular weight is 368 g/mol. The molecule has 0 aliphatic carbocycles. The van der Waals surface area contributed by atoms with Gasteiger partial charge in [0, 0.05) is 7.05 Å². The van der Waals surface area contributed by atoms with Gasteiger partial charge in [-0.1, -0.05) is 5.10 Å². The summed E-state index contributed by atoms with van der Waals surface area (Å²) in [7, 11) is 1.79. The molecule has 0 unspecified atom stereocenters. The molecule has 108 valence electrons. The highest BCUT2D eigenvalue weighted by Gasteiger charge is 2.16. The second-order valence-electron chi connectivity index (χ2n) is 4.26. The number of anilines is 1. The van der Waals surface area contributed by atoms with Gasteiger partial charge >= 0.3 is 6.01 Å². The van der Waals surface area contributed by atoms with E-state index in [1.807, 2.05) is 13.0 Å². The molecule has 0 saturated heterocycles. The number of thiophene rings is 1. The Balaban J connectivity index is 1.79. The van der Waals surface area contributed by atoms with Crippen molar-refractivity contribution in [3.05, 3.63) is 32.6 Å². The smallest absolute Gasteiger partial charge is 0.322 e. The van der Waals surface area contributed by atoms with E-state index in [0.29, 0.717) is 16.5 Å². The normalized spacial score (nSPS) is 10.8. The number of carbonyl (C=O) groups excluding carboxylic acids is 1. The van der Waals surface area contributed by atoms with Crippen LogP contribution in [-0.2, 0) is 7.05 Å². The lowest BCUT2D eigenvalue weighted by Crippen LogP contribution is -2.10. The number of halogens is 1. The number of carbonyl (C=O) groups is 1. The Morgan fingerprint density at radius 3 is 2.86 bits per heavy atom. The van der Waals surface area contributed by atoms with E-state index >= 15 is 0 Å².